The van der Waals surface area contributed by atoms with E-state index in [0.717, 1.165) is 31.4 Å². The molecule has 2 heteroatoms. The Balaban J connectivity index is 1.55. The molecule has 2 fully saturated rings. The Morgan fingerprint density at radius 1 is 1.09 bits per heavy atom. The van der Waals surface area contributed by atoms with Gasteiger partial charge in [-0.2, -0.15) is 0 Å². The Labute approximate surface area is 139 Å². The fourth-order valence-electron chi connectivity index (χ4n) is 4.85. The van der Waals surface area contributed by atoms with Gasteiger partial charge in [0.2, 0.25) is 0 Å². The molecule has 1 aromatic carbocycles. The smallest absolute Gasteiger partial charge is 0.162 e. The van der Waals surface area contributed by atoms with Crippen molar-refractivity contribution in [2.75, 3.05) is 18.5 Å². The quantitative estimate of drug-likeness (QED) is 0.743. The number of carbonyl (C=O) groups excluding carboxylic acids is 1. The third-order valence-electron chi connectivity index (χ3n) is 6.14. The minimum Gasteiger partial charge on any atom is -0.374 e. The van der Waals surface area contributed by atoms with E-state index >= 15 is 0 Å². The van der Waals surface area contributed by atoms with Gasteiger partial charge in [-0.15, -0.1) is 0 Å². The van der Waals surface area contributed by atoms with Crippen LogP contribution in [-0.2, 0) is 11.2 Å². The summed E-state index contributed by atoms with van der Waals surface area (Å²) < 4.78 is 0. The number of rotatable bonds is 2. The molecule has 0 amide bonds. The number of Topliss-reactive ketones (excluding diaryl/α,β-unsaturated/α-hetero) is 1. The summed E-state index contributed by atoms with van der Waals surface area (Å²) in [5.74, 6) is 1.45. The van der Waals surface area contributed by atoms with Crippen LogP contribution in [0.1, 0.15) is 56.1 Å². The molecule has 4 rings (SSSR count). The molecule has 0 spiro atoms. The molecule has 0 N–H and O–H groups in total. The zero-order valence-electron chi connectivity index (χ0n) is 14.2. The maximum atomic E-state index is 12.8. The summed E-state index contributed by atoms with van der Waals surface area (Å²) >= 11 is 0. The predicted octanol–water partition coefficient (Wildman–Crippen LogP) is 4.62. The van der Waals surface area contributed by atoms with Crippen molar-refractivity contribution in [3.63, 3.8) is 0 Å². The summed E-state index contributed by atoms with van der Waals surface area (Å²) in [6.07, 6.45) is 11.8. The fourth-order valence-corrected chi connectivity index (χ4v) is 4.85. The van der Waals surface area contributed by atoms with Gasteiger partial charge in [0.05, 0.1) is 0 Å². The Morgan fingerprint density at radius 3 is 2.74 bits per heavy atom. The molecular formula is C21H27NO. The van der Waals surface area contributed by atoms with Crippen LogP contribution in [-0.4, -0.2) is 19.4 Å². The molecule has 3 aliphatic rings. The number of ketones is 1. The average molecular weight is 309 g/mol. The van der Waals surface area contributed by atoms with Crippen LogP contribution >= 0.6 is 0 Å². The number of fused-ring (bicyclic) bond motifs is 1. The normalized spacial score (nSPS) is 27.0. The van der Waals surface area contributed by atoms with Gasteiger partial charge in [0.15, 0.2) is 5.78 Å². The van der Waals surface area contributed by atoms with Gasteiger partial charge >= 0.3 is 0 Å². The van der Waals surface area contributed by atoms with Gasteiger partial charge in [0, 0.05) is 25.2 Å². The van der Waals surface area contributed by atoms with Crippen molar-refractivity contribution < 1.29 is 4.79 Å². The predicted molar refractivity (Wildman–Crippen MR) is 95.7 cm³/mol. The molecule has 2 nitrogen and oxygen atoms in total. The SMILES string of the molecule is CN1CCCc2cc(C=C3CCC(C4CCCC4)C3=O)ccc21. The highest BCUT2D eigenvalue weighted by atomic mass is 16.1. The molecule has 1 aliphatic heterocycles. The van der Waals surface area contributed by atoms with Crippen molar-refractivity contribution >= 4 is 17.5 Å². The first kappa shape index (κ1) is 15.0. The van der Waals surface area contributed by atoms with Gasteiger partial charge in [0.25, 0.3) is 0 Å². The Hall–Kier alpha value is -1.57. The maximum Gasteiger partial charge on any atom is 0.162 e. The lowest BCUT2D eigenvalue weighted by molar-refractivity contribution is -0.119. The third-order valence-corrected chi connectivity index (χ3v) is 6.14. The summed E-state index contributed by atoms with van der Waals surface area (Å²) in [6, 6.07) is 6.72. The van der Waals surface area contributed by atoms with Crippen molar-refractivity contribution in [1.82, 2.24) is 0 Å². The molecule has 0 radical (unpaired) electrons. The molecule has 2 saturated carbocycles. The van der Waals surface area contributed by atoms with Crippen molar-refractivity contribution in [3.05, 3.63) is 34.9 Å². The second-order valence-electron chi connectivity index (χ2n) is 7.64. The zero-order valence-corrected chi connectivity index (χ0v) is 14.2. The van der Waals surface area contributed by atoms with E-state index in [9.17, 15) is 4.79 Å². The molecule has 122 valence electrons. The number of aryl methyl sites for hydroxylation is 1. The lowest BCUT2D eigenvalue weighted by Crippen LogP contribution is -2.24. The summed E-state index contributed by atoms with van der Waals surface area (Å²) in [7, 11) is 2.17. The van der Waals surface area contributed by atoms with Crippen molar-refractivity contribution in [3.8, 4) is 0 Å². The highest BCUT2D eigenvalue weighted by Gasteiger charge is 2.36. The second-order valence-corrected chi connectivity index (χ2v) is 7.64. The van der Waals surface area contributed by atoms with Crippen LogP contribution in [0.2, 0.25) is 0 Å². The standard InChI is InChI=1S/C21H27NO/c1-22-12-4-7-17-13-15(8-11-20(17)22)14-18-9-10-19(21(18)23)16-5-2-3-6-16/h8,11,13-14,16,19H,2-7,9-10,12H2,1H3. The van der Waals surface area contributed by atoms with E-state index in [4.69, 9.17) is 0 Å². The summed E-state index contributed by atoms with van der Waals surface area (Å²) in [5.41, 5.74) is 5.09. The van der Waals surface area contributed by atoms with Crippen molar-refractivity contribution in [1.29, 1.82) is 0 Å². The van der Waals surface area contributed by atoms with E-state index in [1.807, 2.05) is 0 Å². The Kier molecular flexibility index (Phi) is 4.00. The highest BCUT2D eigenvalue weighted by Crippen LogP contribution is 2.41. The number of anilines is 1. The van der Waals surface area contributed by atoms with Gasteiger partial charge in [0.1, 0.15) is 0 Å². The number of hydrogen-bond acceptors (Lipinski definition) is 2. The van der Waals surface area contributed by atoms with E-state index in [1.54, 1.807) is 0 Å². The van der Waals surface area contributed by atoms with Gasteiger partial charge in [-0.1, -0.05) is 18.9 Å². The van der Waals surface area contributed by atoms with Crippen LogP contribution in [0, 0.1) is 11.8 Å². The molecule has 1 heterocycles. The fraction of sp³-hybridized carbons (Fsp3) is 0.571. The molecule has 1 atom stereocenters. The highest BCUT2D eigenvalue weighted by molar-refractivity contribution is 6.03. The van der Waals surface area contributed by atoms with Crippen LogP contribution in [0.4, 0.5) is 5.69 Å². The molecule has 1 aromatic rings. The number of nitrogens with zero attached hydrogens (tertiary/aromatic N) is 1. The van der Waals surface area contributed by atoms with Gasteiger partial charge in [-0.05, 0) is 79.4 Å². The van der Waals surface area contributed by atoms with Crippen molar-refractivity contribution in [2.45, 2.75) is 51.4 Å². The van der Waals surface area contributed by atoms with E-state index in [1.165, 1.54) is 48.9 Å². The molecule has 23 heavy (non-hydrogen) atoms. The Bertz CT molecular complexity index is 639. The van der Waals surface area contributed by atoms with Crippen LogP contribution < -0.4 is 4.90 Å². The minimum absolute atomic E-state index is 0.326. The van der Waals surface area contributed by atoms with Crippen LogP contribution in [0.25, 0.3) is 6.08 Å². The molecule has 2 aliphatic carbocycles. The number of allylic oxidation sites excluding steroid dienone is 1. The number of benzene rings is 1. The minimum atomic E-state index is 0.326. The van der Waals surface area contributed by atoms with Crippen LogP contribution in [0.3, 0.4) is 0 Å². The Morgan fingerprint density at radius 2 is 1.91 bits per heavy atom. The topological polar surface area (TPSA) is 20.3 Å². The van der Waals surface area contributed by atoms with Gasteiger partial charge in [-0.3, -0.25) is 4.79 Å². The number of hydrogen-bond donors (Lipinski definition) is 0. The number of carbonyl (C=O) groups is 1. The lowest BCUT2D eigenvalue weighted by Gasteiger charge is -2.27. The van der Waals surface area contributed by atoms with Gasteiger partial charge < -0.3 is 4.90 Å². The van der Waals surface area contributed by atoms with E-state index in [-0.39, 0.29) is 0 Å². The maximum absolute atomic E-state index is 12.8. The zero-order chi connectivity index (χ0) is 15.8. The van der Waals surface area contributed by atoms with Crippen LogP contribution in [0.15, 0.2) is 23.8 Å². The first-order valence-corrected chi connectivity index (χ1v) is 9.31. The molecular weight excluding hydrogens is 282 g/mol. The first-order chi connectivity index (χ1) is 11.2. The largest absolute Gasteiger partial charge is 0.374 e. The molecule has 0 bridgehead atoms. The van der Waals surface area contributed by atoms with Crippen LogP contribution in [0.5, 0.6) is 0 Å². The molecule has 0 saturated heterocycles. The van der Waals surface area contributed by atoms with Crippen molar-refractivity contribution in [2.24, 2.45) is 11.8 Å². The van der Waals surface area contributed by atoms with E-state index in [0.29, 0.717) is 17.6 Å². The summed E-state index contributed by atoms with van der Waals surface area (Å²) in [5, 5.41) is 0. The molecule has 0 aromatic heterocycles. The third kappa shape index (κ3) is 2.84. The van der Waals surface area contributed by atoms with Gasteiger partial charge in [-0.25, -0.2) is 0 Å². The molecule has 1 unspecified atom stereocenters. The first-order valence-electron chi connectivity index (χ1n) is 9.31. The van der Waals surface area contributed by atoms with E-state index < -0.39 is 0 Å². The second kappa shape index (κ2) is 6.14. The van der Waals surface area contributed by atoms with E-state index in [2.05, 4.69) is 36.2 Å². The summed E-state index contributed by atoms with van der Waals surface area (Å²) in [4.78, 5) is 15.1. The monoisotopic (exact) mass is 309 g/mol. The average Bonchev–Trinajstić information content (AvgIpc) is 3.18. The lowest BCUT2D eigenvalue weighted by atomic mass is 9.88. The summed E-state index contributed by atoms with van der Waals surface area (Å²) in [6.45, 7) is 1.15.